The minimum absolute atomic E-state index is 0.747. The van der Waals surface area contributed by atoms with E-state index in [4.69, 9.17) is 10.5 Å². The summed E-state index contributed by atoms with van der Waals surface area (Å²) < 4.78 is 5.20. The summed E-state index contributed by atoms with van der Waals surface area (Å²) in [5.74, 6) is 1.68. The molecule has 1 aromatic rings. The van der Waals surface area contributed by atoms with Crippen molar-refractivity contribution in [2.45, 2.75) is 33.1 Å². The van der Waals surface area contributed by atoms with E-state index in [2.05, 4.69) is 30.9 Å². The van der Waals surface area contributed by atoms with Gasteiger partial charge in [0.25, 0.3) is 0 Å². The van der Waals surface area contributed by atoms with Crippen LogP contribution in [-0.4, -0.2) is 26.7 Å². The first-order valence-electron chi connectivity index (χ1n) is 7.26. The maximum Gasteiger partial charge on any atom is 0.119 e. The summed E-state index contributed by atoms with van der Waals surface area (Å²) >= 11 is 0. The fraction of sp³-hybridized carbons (Fsp3) is 0.625. The smallest absolute Gasteiger partial charge is 0.119 e. The number of ether oxygens (including phenoxy) is 1. The van der Waals surface area contributed by atoms with Gasteiger partial charge in [0.2, 0.25) is 0 Å². The van der Waals surface area contributed by atoms with E-state index in [0.29, 0.717) is 0 Å². The third-order valence-electron chi connectivity index (χ3n) is 3.28. The number of hydrogen-bond donors (Lipinski definition) is 1. The molecule has 0 aromatic heterocycles. The van der Waals surface area contributed by atoms with Gasteiger partial charge in [-0.25, -0.2) is 0 Å². The predicted octanol–water partition coefficient (Wildman–Crippen LogP) is 3.29. The van der Waals surface area contributed by atoms with Crippen molar-refractivity contribution in [2.24, 2.45) is 11.7 Å². The van der Waals surface area contributed by atoms with Gasteiger partial charge in [0.1, 0.15) is 5.75 Å². The van der Waals surface area contributed by atoms with Gasteiger partial charge >= 0.3 is 0 Å². The molecule has 2 N–H and O–H groups in total. The highest BCUT2D eigenvalue weighted by Crippen LogP contribution is 2.20. The van der Waals surface area contributed by atoms with Crippen LogP contribution in [0.25, 0.3) is 0 Å². The highest BCUT2D eigenvalue weighted by atomic mass is 16.5. The summed E-state index contributed by atoms with van der Waals surface area (Å²) in [5, 5.41) is 0. The number of anilines is 1. The lowest BCUT2D eigenvalue weighted by molar-refractivity contribution is 0.415. The molecule has 1 aromatic carbocycles. The van der Waals surface area contributed by atoms with Crippen LogP contribution in [-0.2, 0) is 0 Å². The number of nitrogens with two attached hydrogens (primary N) is 1. The molecule has 0 heterocycles. The van der Waals surface area contributed by atoms with E-state index < -0.39 is 0 Å². The van der Waals surface area contributed by atoms with Crippen molar-refractivity contribution < 1.29 is 4.74 Å². The van der Waals surface area contributed by atoms with Gasteiger partial charge in [-0.3, -0.25) is 0 Å². The standard InChI is InChI=1S/C16H28N2O/c1-14(2)6-4-12-18(13-5-11-17)15-7-9-16(19-3)10-8-15/h7-10,14H,4-6,11-13,17H2,1-3H3. The van der Waals surface area contributed by atoms with Crippen LogP contribution in [0.15, 0.2) is 24.3 Å². The van der Waals surface area contributed by atoms with Gasteiger partial charge < -0.3 is 15.4 Å². The molecule has 19 heavy (non-hydrogen) atoms. The second kappa shape index (κ2) is 8.81. The number of rotatable bonds is 9. The minimum Gasteiger partial charge on any atom is -0.497 e. The fourth-order valence-electron chi connectivity index (χ4n) is 2.14. The monoisotopic (exact) mass is 264 g/mol. The van der Waals surface area contributed by atoms with Crippen molar-refractivity contribution in [1.82, 2.24) is 0 Å². The van der Waals surface area contributed by atoms with Crippen LogP contribution in [0, 0.1) is 5.92 Å². The maximum absolute atomic E-state index is 5.63. The molecule has 0 aliphatic heterocycles. The van der Waals surface area contributed by atoms with Crippen molar-refractivity contribution in [1.29, 1.82) is 0 Å². The summed E-state index contributed by atoms with van der Waals surface area (Å²) in [4.78, 5) is 2.43. The Morgan fingerprint density at radius 1 is 1.11 bits per heavy atom. The van der Waals surface area contributed by atoms with Crippen molar-refractivity contribution >= 4 is 5.69 Å². The first-order valence-corrected chi connectivity index (χ1v) is 7.26. The highest BCUT2D eigenvalue weighted by Gasteiger charge is 2.06. The van der Waals surface area contributed by atoms with E-state index in [1.807, 2.05) is 12.1 Å². The van der Waals surface area contributed by atoms with Crippen LogP contribution in [0.5, 0.6) is 5.75 Å². The van der Waals surface area contributed by atoms with E-state index in [9.17, 15) is 0 Å². The Hall–Kier alpha value is -1.22. The summed E-state index contributed by atoms with van der Waals surface area (Å²) in [6, 6.07) is 8.30. The zero-order valence-corrected chi connectivity index (χ0v) is 12.6. The van der Waals surface area contributed by atoms with Gasteiger partial charge in [0.15, 0.2) is 0 Å². The fourth-order valence-corrected chi connectivity index (χ4v) is 2.14. The van der Waals surface area contributed by atoms with Gasteiger partial charge in [0, 0.05) is 18.8 Å². The zero-order chi connectivity index (χ0) is 14.1. The topological polar surface area (TPSA) is 38.5 Å². The highest BCUT2D eigenvalue weighted by molar-refractivity contribution is 5.49. The average Bonchev–Trinajstić information content (AvgIpc) is 2.42. The largest absolute Gasteiger partial charge is 0.497 e. The van der Waals surface area contributed by atoms with Gasteiger partial charge in [-0.05, 0) is 56.0 Å². The molecule has 0 atom stereocenters. The molecule has 0 bridgehead atoms. The molecule has 0 aliphatic carbocycles. The number of hydrogen-bond acceptors (Lipinski definition) is 3. The average molecular weight is 264 g/mol. The van der Waals surface area contributed by atoms with Crippen LogP contribution >= 0.6 is 0 Å². The summed E-state index contributed by atoms with van der Waals surface area (Å²) in [6.45, 7) is 7.43. The molecule has 0 saturated heterocycles. The van der Waals surface area contributed by atoms with Crippen molar-refractivity contribution in [3.05, 3.63) is 24.3 Å². The third-order valence-corrected chi connectivity index (χ3v) is 3.28. The second-order valence-electron chi connectivity index (χ2n) is 5.36. The van der Waals surface area contributed by atoms with Crippen LogP contribution in [0.1, 0.15) is 33.1 Å². The molecule has 108 valence electrons. The first kappa shape index (κ1) is 15.8. The van der Waals surface area contributed by atoms with Crippen LogP contribution < -0.4 is 15.4 Å². The molecule has 3 nitrogen and oxygen atoms in total. The molecular weight excluding hydrogens is 236 g/mol. The molecular formula is C16H28N2O. The minimum atomic E-state index is 0.747. The number of benzene rings is 1. The summed E-state index contributed by atoms with van der Waals surface area (Å²) in [5.41, 5.74) is 6.89. The summed E-state index contributed by atoms with van der Waals surface area (Å²) in [6.07, 6.45) is 3.54. The van der Waals surface area contributed by atoms with E-state index in [1.54, 1.807) is 7.11 Å². The van der Waals surface area contributed by atoms with Gasteiger partial charge in [-0.15, -0.1) is 0 Å². The van der Waals surface area contributed by atoms with Crippen LogP contribution in [0.2, 0.25) is 0 Å². The molecule has 0 radical (unpaired) electrons. The quantitative estimate of drug-likeness (QED) is 0.744. The normalized spacial score (nSPS) is 10.8. The number of methoxy groups -OCH3 is 1. The molecule has 0 spiro atoms. The Balaban J connectivity index is 2.60. The predicted molar refractivity (Wildman–Crippen MR) is 83.0 cm³/mol. The third kappa shape index (κ3) is 5.97. The van der Waals surface area contributed by atoms with Gasteiger partial charge in [0.05, 0.1) is 7.11 Å². The SMILES string of the molecule is COc1ccc(N(CCCN)CCCC(C)C)cc1. The van der Waals surface area contributed by atoms with E-state index in [1.165, 1.54) is 18.5 Å². The van der Waals surface area contributed by atoms with E-state index in [0.717, 1.165) is 37.7 Å². The lowest BCUT2D eigenvalue weighted by atomic mass is 10.1. The molecule has 3 heteroatoms. The van der Waals surface area contributed by atoms with Gasteiger partial charge in [-0.1, -0.05) is 13.8 Å². The molecule has 0 saturated carbocycles. The van der Waals surface area contributed by atoms with Crippen LogP contribution in [0.4, 0.5) is 5.69 Å². The molecule has 0 aliphatic rings. The van der Waals surface area contributed by atoms with Crippen molar-refractivity contribution in [3.63, 3.8) is 0 Å². The van der Waals surface area contributed by atoms with Crippen molar-refractivity contribution in [2.75, 3.05) is 31.6 Å². The maximum atomic E-state index is 5.63. The van der Waals surface area contributed by atoms with Crippen molar-refractivity contribution in [3.8, 4) is 5.75 Å². The molecule has 0 amide bonds. The molecule has 0 fully saturated rings. The van der Waals surface area contributed by atoms with Gasteiger partial charge in [-0.2, -0.15) is 0 Å². The first-order chi connectivity index (χ1) is 9.17. The Kier molecular flexibility index (Phi) is 7.34. The van der Waals surface area contributed by atoms with Crippen LogP contribution in [0.3, 0.4) is 0 Å². The molecule has 0 unspecified atom stereocenters. The lowest BCUT2D eigenvalue weighted by Crippen LogP contribution is -2.27. The zero-order valence-electron chi connectivity index (χ0n) is 12.6. The Bertz CT molecular complexity index is 335. The van der Waals surface area contributed by atoms with E-state index >= 15 is 0 Å². The number of nitrogens with zero attached hydrogens (tertiary/aromatic N) is 1. The Morgan fingerprint density at radius 2 is 1.74 bits per heavy atom. The Morgan fingerprint density at radius 3 is 2.26 bits per heavy atom. The van der Waals surface area contributed by atoms with E-state index in [-0.39, 0.29) is 0 Å². The molecule has 1 rings (SSSR count). The Labute approximate surface area is 117 Å². The second-order valence-corrected chi connectivity index (χ2v) is 5.36. The lowest BCUT2D eigenvalue weighted by Gasteiger charge is -2.25. The summed E-state index contributed by atoms with van der Waals surface area (Å²) in [7, 11) is 1.70.